The van der Waals surface area contributed by atoms with Crippen LogP contribution in [-0.2, 0) is 6.42 Å². The molecule has 3 heteroatoms. The fourth-order valence-corrected chi connectivity index (χ4v) is 2.48. The molecular weight excluding hydrogens is 216 g/mol. The van der Waals surface area contributed by atoms with Crippen LogP contribution in [0, 0.1) is 0 Å². The molecule has 0 fully saturated rings. The Morgan fingerprint density at radius 2 is 2.19 bits per heavy atom. The van der Waals surface area contributed by atoms with Crippen molar-refractivity contribution in [3.8, 4) is 0 Å². The highest BCUT2D eigenvalue weighted by molar-refractivity contribution is 7.18. The van der Waals surface area contributed by atoms with Gasteiger partial charge in [0, 0.05) is 6.42 Å². The van der Waals surface area contributed by atoms with Gasteiger partial charge in [-0.3, -0.25) is 0 Å². The maximum atomic E-state index is 4.58. The highest BCUT2D eigenvalue weighted by atomic mass is 32.1. The lowest BCUT2D eigenvalue weighted by molar-refractivity contribution is 0.806. The Morgan fingerprint density at radius 1 is 1.31 bits per heavy atom. The molecule has 1 aromatic heterocycles. The summed E-state index contributed by atoms with van der Waals surface area (Å²) in [6, 6.07) is 8.29. The standard InChI is InChI=1S/C13H16N2S/c1-14-10-6-2-3-9-13-15-11-7-4-5-8-12(11)16-13/h2-5,7-8,14H,6,9-10H2,1H3. The normalized spacial score (nSPS) is 11.6. The van der Waals surface area contributed by atoms with Crippen molar-refractivity contribution in [1.29, 1.82) is 0 Å². The minimum Gasteiger partial charge on any atom is -0.319 e. The predicted molar refractivity (Wildman–Crippen MR) is 71.0 cm³/mol. The number of benzene rings is 1. The minimum atomic E-state index is 0.947. The second-order valence-electron chi connectivity index (χ2n) is 3.64. The molecule has 0 unspecified atom stereocenters. The van der Waals surface area contributed by atoms with E-state index in [0.29, 0.717) is 0 Å². The quantitative estimate of drug-likeness (QED) is 0.633. The molecule has 0 saturated carbocycles. The zero-order chi connectivity index (χ0) is 11.2. The Kier molecular flexibility index (Phi) is 4.08. The molecule has 0 aliphatic rings. The van der Waals surface area contributed by atoms with Crippen LogP contribution in [0.3, 0.4) is 0 Å². The average molecular weight is 232 g/mol. The number of nitrogens with zero attached hydrogens (tertiary/aromatic N) is 1. The molecule has 1 N–H and O–H groups in total. The lowest BCUT2D eigenvalue weighted by Gasteiger charge is -1.90. The van der Waals surface area contributed by atoms with E-state index < -0.39 is 0 Å². The summed E-state index contributed by atoms with van der Waals surface area (Å²) < 4.78 is 1.28. The molecule has 1 heterocycles. The Morgan fingerprint density at radius 3 is 3.00 bits per heavy atom. The minimum absolute atomic E-state index is 0.947. The van der Waals surface area contributed by atoms with Crippen molar-refractivity contribution in [2.75, 3.05) is 13.6 Å². The molecule has 0 spiro atoms. The van der Waals surface area contributed by atoms with Crippen LogP contribution in [0.5, 0.6) is 0 Å². The number of aromatic nitrogens is 1. The van der Waals surface area contributed by atoms with E-state index in [2.05, 4.69) is 40.7 Å². The SMILES string of the molecule is CNCCC=CCc1nc2ccccc2s1. The van der Waals surface area contributed by atoms with Gasteiger partial charge in [-0.05, 0) is 32.1 Å². The van der Waals surface area contributed by atoms with Crippen molar-refractivity contribution in [2.45, 2.75) is 12.8 Å². The summed E-state index contributed by atoms with van der Waals surface area (Å²) in [7, 11) is 1.97. The number of rotatable bonds is 5. The van der Waals surface area contributed by atoms with Crippen molar-refractivity contribution >= 4 is 21.6 Å². The second-order valence-corrected chi connectivity index (χ2v) is 4.76. The van der Waals surface area contributed by atoms with Gasteiger partial charge < -0.3 is 5.32 Å². The first kappa shape index (κ1) is 11.3. The van der Waals surface area contributed by atoms with Gasteiger partial charge in [0.1, 0.15) is 0 Å². The van der Waals surface area contributed by atoms with Crippen molar-refractivity contribution in [3.05, 3.63) is 41.4 Å². The summed E-state index contributed by atoms with van der Waals surface area (Å²) in [5.74, 6) is 0. The van der Waals surface area contributed by atoms with Crippen LogP contribution in [0.1, 0.15) is 11.4 Å². The van der Waals surface area contributed by atoms with E-state index >= 15 is 0 Å². The van der Waals surface area contributed by atoms with Crippen molar-refractivity contribution in [2.24, 2.45) is 0 Å². The van der Waals surface area contributed by atoms with Crippen molar-refractivity contribution in [3.63, 3.8) is 0 Å². The molecule has 0 radical (unpaired) electrons. The first-order valence-corrected chi connectivity index (χ1v) is 6.36. The molecule has 0 amide bonds. The molecule has 16 heavy (non-hydrogen) atoms. The summed E-state index contributed by atoms with van der Waals surface area (Å²) in [4.78, 5) is 4.58. The highest BCUT2D eigenvalue weighted by Gasteiger charge is 2.00. The zero-order valence-electron chi connectivity index (χ0n) is 9.44. The van der Waals surface area contributed by atoms with Crippen molar-refractivity contribution in [1.82, 2.24) is 10.3 Å². The molecule has 1 aromatic carbocycles. The molecular formula is C13H16N2S. The van der Waals surface area contributed by atoms with Gasteiger partial charge in [0.25, 0.3) is 0 Å². The number of para-hydroxylation sites is 1. The summed E-state index contributed by atoms with van der Waals surface area (Å²) in [5.41, 5.74) is 1.12. The second kappa shape index (κ2) is 5.77. The van der Waals surface area contributed by atoms with E-state index in [9.17, 15) is 0 Å². The number of thiazole rings is 1. The third-order valence-electron chi connectivity index (χ3n) is 2.36. The molecule has 84 valence electrons. The molecule has 0 saturated heterocycles. The van der Waals surface area contributed by atoms with E-state index in [1.165, 1.54) is 9.71 Å². The number of allylic oxidation sites excluding steroid dienone is 1. The fourth-order valence-electron chi connectivity index (χ4n) is 1.54. The van der Waals surface area contributed by atoms with Gasteiger partial charge in [0.2, 0.25) is 0 Å². The van der Waals surface area contributed by atoms with E-state index in [4.69, 9.17) is 0 Å². The maximum Gasteiger partial charge on any atom is 0.0976 e. The van der Waals surface area contributed by atoms with Gasteiger partial charge in [-0.15, -0.1) is 11.3 Å². The Hall–Kier alpha value is -1.19. The summed E-state index contributed by atoms with van der Waals surface area (Å²) in [5, 5.41) is 4.32. The van der Waals surface area contributed by atoms with E-state index in [-0.39, 0.29) is 0 Å². The average Bonchev–Trinajstić information content (AvgIpc) is 2.71. The third kappa shape index (κ3) is 2.90. The number of hydrogen-bond donors (Lipinski definition) is 1. The van der Waals surface area contributed by atoms with Gasteiger partial charge in [0.05, 0.1) is 15.2 Å². The monoisotopic (exact) mass is 232 g/mol. The molecule has 0 atom stereocenters. The lowest BCUT2D eigenvalue weighted by atomic mass is 10.3. The van der Waals surface area contributed by atoms with Crippen LogP contribution < -0.4 is 5.32 Å². The van der Waals surface area contributed by atoms with Crippen LogP contribution >= 0.6 is 11.3 Å². The van der Waals surface area contributed by atoms with Crippen LogP contribution in [0.15, 0.2) is 36.4 Å². The molecule has 2 aromatic rings. The first-order chi connectivity index (χ1) is 7.90. The van der Waals surface area contributed by atoms with Crippen LogP contribution in [0.2, 0.25) is 0 Å². The number of hydrogen-bond acceptors (Lipinski definition) is 3. The summed E-state index contributed by atoms with van der Waals surface area (Å²) in [6.45, 7) is 1.04. The Labute approximate surface area is 100 Å². The molecule has 0 aliphatic heterocycles. The maximum absolute atomic E-state index is 4.58. The van der Waals surface area contributed by atoms with Gasteiger partial charge in [-0.1, -0.05) is 24.3 Å². The number of fused-ring (bicyclic) bond motifs is 1. The van der Waals surface area contributed by atoms with Gasteiger partial charge in [0.15, 0.2) is 0 Å². The molecule has 2 nitrogen and oxygen atoms in total. The Balaban J connectivity index is 1.96. The predicted octanol–water partition coefficient (Wildman–Crippen LogP) is 3.00. The topological polar surface area (TPSA) is 24.9 Å². The fraction of sp³-hybridized carbons (Fsp3) is 0.308. The largest absolute Gasteiger partial charge is 0.319 e. The van der Waals surface area contributed by atoms with E-state index in [0.717, 1.165) is 24.9 Å². The van der Waals surface area contributed by atoms with Gasteiger partial charge >= 0.3 is 0 Å². The lowest BCUT2D eigenvalue weighted by Crippen LogP contribution is -2.05. The summed E-state index contributed by atoms with van der Waals surface area (Å²) in [6.07, 6.45) is 6.45. The number of nitrogens with one attached hydrogen (secondary N) is 1. The molecule has 2 rings (SSSR count). The third-order valence-corrected chi connectivity index (χ3v) is 3.42. The van der Waals surface area contributed by atoms with Gasteiger partial charge in [-0.2, -0.15) is 0 Å². The van der Waals surface area contributed by atoms with Gasteiger partial charge in [-0.25, -0.2) is 4.98 Å². The van der Waals surface area contributed by atoms with Crippen molar-refractivity contribution < 1.29 is 0 Å². The van der Waals surface area contributed by atoms with Crippen LogP contribution in [-0.4, -0.2) is 18.6 Å². The highest BCUT2D eigenvalue weighted by Crippen LogP contribution is 2.21. The van der Waals surface area contributed by atoms with E-state index in [1.54, 1.807) is 11.3 Å². The zero-order valence-corrected chi connectivity index (χ0v) is 10.3. The summed E-state index contributed by atoms with van der Waals surface area (Å²) >= 11 is 1.78. The smallest absolute Gasteiger partial charge is 0.0976 e. The Bertz CT molecular complexity index is 440. The first-order valence-electron chi connectivity index (χ1n) is 5.54. The van der Waals surface area contributed by atoms with Crippen LogP contribution in [0.25, 0.3) is 10.2 Å². The molecule has 0 aliphatic carbocycles. The molecule has 0 bridgehead atoms. The van der Waals surface area contributed by atoms with E-state index in [1.807, 2.05) is 13.1 Å². The van der Waals surface area contributed by atoms with Crippen LogP contribution in [0.4, 0.5) is 0 Å².